The molecule has 140 valence electrons. The number of fused-ring (bicyclic) bond motifs is 2. The van der Waals surface area contributed by atoms with Crippen LogP contribution in [0.4, 0.5) is 0 Å². The van der Waals surface area contributed by atoms with Crippen molar-refractivity contribution < 1.29 is 0 Å². The molecule has 1 aromatic carbocycles. The van der Waals surface area contributed by atoms with Gasteiger partial charge in [0.05, 0.1) is 17.1 Å². The molecule has 0 radical (unpaired) electrons. The van der Waals surface area contributed by atoms with Gasteiger partial charge in [-0.15, -0.1) is 11.6 Å². The van der Waals surface area contributed by atoms with Gasteiger partial charge in [0.1, 0.15) is 5.69 Å². The van der Waals surface area contributed by atoms with E-state index in [1.165, 1.54) is 24.8 Å². The Bertz CT molecular complexity index is 1110. The largest absolute Gasteiger partial charge is 0.353 e. The maximum Gasteiger partial charge on any atom is 0.157 e. The first-order valence-electron chi connectivity index (χ1n) is 9.64. The van der Waals surface area contributed by atoms with Gasteiger partial charge in [-0.3, -0.25) is 0 Å². The zero-order valence-corrected chi connectivity index (χ0v) is 16.9. The topological polar surface area (TPSA) is 46.0 Å². The molecule has 0 fully saturated rings. The molecule has 4 nitrogen and oxygen atoms in total. The molecule has 3 heterocycles. The third-order valence-corrected chi connectivity index (χ3v) is 5.41. The van der Waals surface area contributed by atoms with E-state index >= 15 is 0 Å². The molecule has 4 rings (SSSR count). The molecule has 0 atom stereocenters. The Hall–Kier alpha value is -2.33. The van der Waals surface area contributed by atoms with Crippen LogP contribution in [0.15, 0.2) is 30.3 Å². The van der Waals surface area contributed by atoms with E-state index < -0.39 is 0 Å². The molecule has 0 saturated heterocycles. The fourth-order valence-electron chi connectivity index (χ4n) is 3.78. The number of aromatic amines is 1. The third-order valence-electron chi connectivity index (χ3n) is 5.10. The number of hydrogen-bond donors (Lipinski definition) is 1. The van der Waals surface area contributed by atoms with Crippen molar-refractivity contribution in [1.82, 2.24) is 19.6 Å². The van der Waals surface area contributed by atoms with E-state index in [0.29, 0.717) is 5.88 Å². The van der Waals surface area contributed by atoms with E-state index in [1.807, 2.05) is 4.52 Å². The number of aryl methyl sites for hydroxylation is 3. The summed E-state index contributed by atoms with van der Waals surface area (Å²) in [7, 11) is 0. The predicted molar refractivity (Wildman–Crippen MR) is 113 cm³/mol. The molecular weight excluding hydrogens is 356 g/mol. The van der Waals surface area contributed by atoms with E-state index in [-0.39, 0.29) is 0 Å². The Balaban J connectivity index is 1.85. The Morgan fingerprint density at radius 1 is 1.11 bits per heavy atom. The van der Waals surface area contributed by atoms with Gasteiger partial charge >= 0.3 is 0 Å². The zero-order valence-electron chi connectivity index (χ0n) is 16.1. The van der Waals surface area contributed by atoms with Crippen LogP contribution in [0.3, 0.4) is 0 Å². The standard InChI is InChI=1S/C22H25ClN4/c1-4-5-6-7-17-10-14(2)26-27-21(15(3)24-22(17)27)20-12-18-11-16(13-23)8-9-19(18)25-20/h8-12,25H,4-7,13H2,1-3H3. The minimum absolute atomic E-state index is 0.521. The van der Waals surface area contributed by atoms with E-state index in [0.717, 1.165) is 51.3 Å². The molecule has 3 aromatic heterocycles. The lowest BCUT2D eigenvalue weighted by Crippen LogP contribution is -2.01. The summed E-state index contributed by atoms with van der Waals surface area (Å²) in [5.74, 6) is 0.521. The van der Waals surface area contributed by atoms with Crippen molar-refractivity contribution in [3.05, 3.63) is 52.8 Å². The lowest BCUT2D eigenvalue weighted by atomic mass is 10.1. The van der Waals surface area contributed by atoms with Crippen molar-refractivity contribution >= 4 is 28.2 Å². The Morgan fingerprint density at radius 2 is 1.96 bits per heavy atom. The Morgan fingerprint density at radius 3 is 2.74 bits per heavy atom. The number of imidazole rings is 1. The van der Waals surface area contributed by atoms with E-state index in [9.17, 15) is 0 Å². The first kappa shape index (κ1) is 18.1. The lowest BCUT2D eigenvalue weighted by molar-refractivity contribution is 0.714. The Kier molecular flexibility index (Phi) is 4.92. The minimum Gasteiger partial charge on any atom is -0.353 e. The normalized spacial score (nSPS) is 11.7. The van der Waals surface area contributed by atoms with Gasteiger partial charge in [-0.2, -0.15) is 5.10 Å². The quantitative estimate of drug-likeness (QED) is 0.331. The number of nitrogens with one attached hydrogen (secondary N) is 1. The van der Waals surface area contributed by atoms with Crippen molar-refractivity contribution in [2.75, 3.05) is 0 Å². The maximum atomic E-state index is 5.99. The highest BCUT2D eigenvalue weighted by molar-refractivity contribution is 6.17. The highest BCUT2D eigenvalue weighted by Gasteiger charge is 2.17. The fourth-order valence-corrected chi connectivity index (χ4v) is 3.94. The summed E-state index contributed by atoms with van der Waals surface area (Å²) in [5.41, 5.74) is 8.58. The highest BCUT2D eigenvalue weighted by Crippen LogP contribution is 2.29. The van der Waals surface area contributed by atoms with Crippen LogP contribution in [0.5, 0.6) is 0 Å². The first-order valence-corrected chi connectivity index (χ1v) is 10.2. The van der Waals surface area contributed by atoms with Gasteiger partial charge in [0.2, 0.25) is 0 Å². The number of aromatic nitrogens is 4. The SMILES string of the molecule is CCCCCc1cc(C)nn2c(-c3cc4cc(CCl)ccc4[nH]3)c(C)nc12. The summed E-state index contributed by atoms with van der Waals surface area (Å²) >= 11 is 5.99. The third kappa shape index (κ3) is 3.34. The van der Waals surface area contributed by atoms with Crippen molar-refractivity contribution in [3.63, 3.8) is 0 Å². The molecule has 0 spiro atoms. The molecule has 0 amide bonds. The number of H-pyrrole nitrogens is 1. The second-order valence-electron chi connectivity index (χ2n) is 7.29. The smallest absolute Gasteiger partial charge is 0.157 e. The van der Waals surface area contributed by atoms with Crippen LogP contribution in [0.25, 0.3) is 27.9 Å². The summed E-state index contributed by atoms with van der Waals surface area (Å²) in [4.78, 5) is 8.40. The van der Waals surface area contributed by atoms with Crippen LogP contribution < -0.4 is 0 Å². The van der Waals surface area contributed by atoms with E-state index in [4.69, 9.17) is 21.7 Å². The second kappa shape index (κ2) is 7.35. The number of nitrogens with zero attached hydrogens (tertiary/aromatic N) is 3. The van der Waals surface area contributed by atoms with Crippen LogP contribution >= 0.6 is 11.6 Å². The van der Waals surface area contributed by atoms with Crippen LogP contribution in [0.1, 0.15) is 48.7 Å². The Labute approximate surface area is 164 Å². The van der Waals surface area contributed by atoms with E-state index in [2.05, 4.69) is 56.1 Å². The molecule has 27 heavy (non-hydrogen) atoms. The molecule has 1 N–H and O–H groups in total. The lowest BCUT2D eigenvalue weighted by Gasteiger charge is -2.06. The fraction of sp³-hybridized carbons (Fsp3) is 0.364. The number of alkyl halides is 1. The summed E-state index contributed by atoms with van der Waals surface area (Å²) in [6, 6.07) is 10.6. The van der Waals surface area contributed by atoms with Gasteiger partial charge in [0, 0.05) is 16.8 Å². The van der Waals surface area contributed by atoms with Crippen LogP contribution in [0.2, 0.25) is 0 Å². The average Bonchev–Trinajstić information content (AvgIpc) is 3.20. The van der Waals surface area contributed by atoms with Gasteiger partial charge in [-0.25, -0.2) is 9.50 Å². The van der Waals surface area contributed by atoms with Crippen molar-refractivity contribution in [3.8, 4) is 11.4 Å². The molecule has 5 heteroatoms. The van der Waals surface area contributed by atoms with Gasteiger partial charge in [0.15, 0.2) is 5.65 Å². The minimum atomic E-state index is 0.521. The summed E-state index contributed by atoms with van der Waals surface area (Å²) < 4.78 is 2.01. The number of unbranched alkanes of at least 4 members (excludes halogenated alkanes) is 2. The summed E-state index contributed by atoms with van der Waals surface area (Å²) in [6.07, 6.45) is 4.69. The molecule has 0 bridgehead atoms. The van der Waals surface area contributed by atoms with Gasteiger partial charge < -0.3 is 4.98 Å². The summed E-state index contributed by atoms with van der Waals surface area (Å²) in [5, 5.41) is 5.94. The van der Waals surface area contributed by atoms with Crippen molar-refractivity contribution in [2.45, 2.75) is 52.3 Å². The number of halogens is 1. The number of rotatable bonds is 6. The molecule has 0 aliphatic carbocycles. The van der Waals surface area contributed by atoms with Crippen LogP contribution in [-0.4, -0.2) is 19.6 Å². The molecule has 0 saturated carbocycles. The van der Waals surface area contributed by atoms with Crippen molar-refractivity contribution in [2.24, 2.45) is 0 Å². The molecule has 0 unspecified atom stereocenters. The molecule has 0 aliphatic rings. The highest BCUT2D eigenvalue weighted by atomic mass is 35.5. The van der Waals surface area contributed by atoms with Crippen LogP contribution in [0, 0.1) is 13.8 Å². The van der Waals surface area contributed by atoms with E-state index in [1.54, 1.807) is 0 Å². The molecule has 0 aliphatic heterocycles. The maximum absolute atomic E-state index is 5.99. The van der Waals surface area contributed by atoms with Gasteiger partial charge in [0.25, 0.3) is 0 Å². The summed E-state index contributed by atoms with van der Waals surface area (Å²) in [6.45, 7) is 6.35. The average molecular weight is 381 g/mol. The van der Waals surface area contributed by atoms with Gasteiger partial charge in [-0.05, 0) is 62.1 Å². The second-order valence-corrected chi connectivity index (χ2v) is 7.55. The number of benzene rings is 1. The van der Waals surface area contributed by atoms with Crippen LogP contribution in [-0.2, 0) is 12.3 Å². The number of hydrogen-bond acceptors (Lipinski definition) is 2. The zero-order chi connectivity index (χ0) is 19.0. The monoisotopic (exact) mass is 380 g/mol. The predicted octanol–water partition coefficient (Wildman–Crippen LogP) is 5.97. The molecule has 4 aromatic rings. The first-order chi connectivity index (χ1) is 13.1. The van der Waals surface area contributed by atoms with Crippen molar-refractivity contribution in [1.29, 1.82) is 0 Å². The molecular formula is C22H25ClN4. The van der Waals surface area contributed by atoms with Gasteiger partial charge in [-0.1, -0.05) is 25.8 Å².